The Morgan fingerprint density at radius 3 is 2.36 bits per heavy atom. The zero-order valence-electron chi connectivity index (χ0n) is 25.1. The van der Waals surface area contributed by atoms with Crippen molar-refractivity contribution < 1.29 is 19.4 Å². The molecule has 7 nitrogen and oxygen atoms in total. The molecule has 5 rings (SSSR count). The highest BCUT2D eigenvalue weighted by molar-refractivity contribution is 9.10. The van der Waals surface area contributed by atoms with E-state index in [1.165, 1.54) is 5.56 Å². The minimum Gasteiger partial charge on any atom is -0.494 e. The smallest absolute Gasteiger partial charge is 0.266 e. The normalized spacial score (nSPS) is 17.6. The van der Waals surface area contributed by atoms with Crippen molar-refractivity contribution in [3.63, 3.8) is 0 Å². The van der Waals surface area contributed by atoms with Crippen molar-refractivity contribution in [3.05, 3.63) is 142 Å². The summed E-state index contributed by atoms with van der Waals surface area (Å²) in [6.45, 7) is 1.11. The van der Waals surface area contributed by atoms with E-state index in [9.17, 15) is 4.79 Å². The van der Waals surface area contributed by atoms with Crippen LogP contribution in [-0.2, 0) is 16.0 Å². The van der Waals surface area contributed by atoms with Crippen LogP contribution in [-0.4, -0.2) is 42.2 Å². The number of nitrogens with zero attached hydrogens (tertiary/aromatic N) is 1. The van der Waals surface area contributed by atoms with Gasteiger partial charge in [0.1, 0.15) is 5.75 Å². The van der Waals surface area contributed by atoms with Gasteiger partial charge in [-0.05, 0) is 65.9 Å². The molecule has 3 N–H and O–H groups in total. The lowest BCUT2D eigenvalue weighted by molar-refractivity contribution is -0.129. The summed E-state index contributed by atoms with van der Waals surface area (Å²) in [6.07, 6.45) is 5.96. The molecule has 232 valence electrons. The van der Waals surface area contributed by atoms with Crippen LogP contribution < -0.4 is 15.6 Å². The van der Waals surface area contributed by atoms with Gasteiger partial charge in [0, 0.05) is 36.0 Å². The first-order valence-electron chi connectivity index (χ1n) is 15.2. The molecule has 45 heavy (non-hydrogen) atoms. The molecule has 0 spiro atoms. The number of halogens is 1. The van der Waals surface area contributed by atoms with Gasteiger partial charge in [0.25, 0.3) is 5.91 Å². The molecule has 0 radical (unpaired) electrons. The number of aryl methyl sites for hydroxylation is 1. The number of carbonyl (C=O) groups is 1. The fourth-order valence-corrected chi connectivity index (χ4v) is 5.43. The molecule has 0 aromatic heterocycles. The molecule has 4 aromatic rings. The second kappa shape index (κ2) is 16.2. The maximum Gasteiger partial charge on any atom is 0.266 e. The van der Waals surface area contributed by atoms with Gasteiger partial charge in [-0.2, -0.15) is 0 Å². The first kappa shape index (κ1) is 32.2. The second-order valence-corrected chi connectivity index (χ2v) is 11.7. The van der Waals surface area contributed by atoms with Gasteiger partial charge in [0.05, 0.1) is 6.61 Å². The molecule has 0 saturated carbocycles. The van der Waals surface area contributed by atoms with Gasteiger partial charge in [0.2, 0.25) is 5.90 Å². The number of hydrogen-bond donors (Lipinski definition) is 3. The number of aliphatic hydroxyl groups is 1. The zero-order valence-corrected chi connectivity index (χ0v) is 26.7. The number of nitrogens with one attached hydrogen (secondary N) is 2. The lowest BCUT2D eigenvalue weighted by atomic mass is 9.84. The summed E-state index contributed by atoms with van der Waals surface area (Å²) in [7, 11) is 0. The van der Waals surface area contributed by atoms with Gasteiger partial charge >= 0.3 is 0 Å². The molecule has 0 unspecified atom stereocenters. The van der Waals surface area contributed by atoms with Crippen LogP contribution in [0.25, 0.3) is 6.08 Å². The topological polar surface area (TPSA) is 92.2 Å². The van der Waals surface area contributed by atoms with E-state index in [1.807, 2.05) is 109 Å². The van der Waals surface area contributed by atoms with E-state index in [1.54, 1.807) is 0 Å². The molecule has 0 saturated heterocycles. The minimum atomic E-state index is -1.28. The second-order valence-electron chi connectivity index (χ2n) is 10.8. The van der Waals surface area contributed by atoms with Crippen molar-refractivity contribution in [3.8, 4) is 5.75 Å². The third-order valence-electron chi connectivity index (χ3n) is 7.55. The van der Waals surface area contributed by atoms with Crippen LogP contribution in [0.2, 0.25) is 0 Å². The molecule has 8 heteroatoms. The highest BCUT2D eigenvalue weighted by Crippen LogP contribution is 2.43. The Morgan fingerprint density at radius 1 is 0.933 bits per heavy atom. The molecule has 0 bridgehead atoms. The number of aliphatic hydroxyl groups excluding tert-OH is 1. The van der Waals surface area contributed by atoms with Crippen LogP contribution in [0, 0.1) is 0 Å². The summed E-state index contributed by atoms with van der Waals surface area (Å²) in [4.78, 5) is 19.3. The summed E-state index contributed by atoms with van der Waals surface area (Å²) >= 11 is 3.53. The average molecular weight is 669 g/mol. The van der Waals surface area contributed by atoms with Crippen LogP contribution in [0.4, 0.5) is 0 Å². The number of carbonyl (C=O) groups excluding carboxylic acids is 1. The molecular formula is C37H38BrN3O4. The third-order valence-corrected chi connectivity index (χ3v) is 8.08. The zero-order chi connectivity index (χ0) is 31.3. The first-order valence-corrected chi connectivity index (χ1v) is 16.0. The Balaban J connectivity index is 1.42. The number of benzene rings is 4. The van der Waals surface area contributed by atoms with E-state index in [0.29, 0.717) is 37.6 Å². The Kier molecular flexibility index (Phi) is 11.6. The summed E-state index contributed by atoms with van der Waals surface area (Å²) < 4.78 is 13.2. The van der Waals surface area contributed by atoms with Gasteiger partial charge in [0.15, 0.2) is 11.6 Å². The Hall–Kier alpha value is -4.24. The van der Waals surface area contributed by atoms with E-state index in [0.717, 1.165) is 34.0 Å². The molecule has 0 fully saturated rings. The molecule has 1 amide bonds. The summed E-state index contributed by atoms with van der Waals surface area (Å²) in [5, 5.41) is 9.06. The van der Waals surface area contributed by atoms with Crippen LogP contribution in [0.5, 0.6) is 5.75 Å². The fourth-order valence-electron chi connectivity index (χ4n) is 5.17. The lowest BCUT2D eigenvalue weighted by Crippen LogP contribution is -2.52. The first-order chi connectivity index (χ1) is 22.1. The quantitative estimate of drug-likeness (QED) is 0.0956. The van der Waals surface area contributed by atoms with Gasteiger partial charge in [-0.1, -0.05) is 101 Å². The van der Waals surface area contributed by atoms with E-state index in [-0.39, 0.29) is 12.5 Å². The fraction of sp³-hybridized carbons (Fsp3) is 0.243. The van der Waals surface area contributed by atoms with Crippen LogP contribution in [0.3, 0.4) is 0 Å². The third kappa shape index (κ3) is 8.69. The Labute approximate surface area is 273 Å². The molecule has 1 heterocycles. The number of rotatable bonds is 15. The van der Waals surface area contributed by atoms with Crippen molar-refractivity contribution in [2.45, 2.75) is 37.3 Å². The maximum absolute atomic E-state index is 14.2. The molecule has 2 atom stereocenters. The number of aliphatic imine (C=N–C) groups is 1. The number of hydrazine groups is 1. The van der Waals surface area contributed by atoms with Gasteiger partial charge < -0.3 is 14.6 Å². The predicted molar refractivity (Wildman–Crippen MR) is 182 cm³/mol. The molecule has 0 aliphatic carbocycles. The van der Waals surface area contributed by atoms with E-state index < -0.39 is 11.6 Å². The maximum atomic E-state index is 14.2. The highest BCUT2D eigenvalue weighted by Gasteiger charge is 2.52. The van der Waals surface area contributed by atoms with Crippen molar-refractivity contribution in [1.82, 2.24) is 10.9 Å². The highest BCUT2D eigenvalue weighted by atomic mass is 79.9. The SMILES string of the molecule is O=C(NNCCCc1ccccc1)[C@@]1(C/C=C/c2ccccc2)N=C(c2ccc(OCCCO)cc2)O[C@H]1c1ccc(Br)cc1. The molecule has 1 aliphatic rings. The van der Waals surface area contributed by atoms with Crippen molar-refractivity contribution in [2.24, 2.45) is 4.99 Å². The molecule has 4 aromatic carbocycles. The number of hydrogen-bond acceptors (Lipinski definition) is 6. The summed E-state index contributed by atoms with van der Waals surface area (Å²) in [5.41, 5.74) is 8.70. The number of amides is 1. The van der Waals surface area contributed by atoms with E-state index in [4.69, 9.17) is 19.6 Å². The lowest BCUT2D eigenvalue weighted by Gasteiger charge is -2.30. The van der Waals surface area contributed by atoms with Crippen LogP contribution in [0.15, 0.2) is 125 Å². The van der Waals surface area contributed by atoms with Crippen molar-refractivity contribution in [2.75, 3.05) is 19.8 Å². The largest absolute Gasteiger partial charge is 0.494 e. The summed E-state index contributed by atoms with van der Waals surface area (Å²) in [6, 6.07) is 35.5. The van der Waals surface area contributed by atoms with Crippen LogP contribution in [0.1, 0.15) is 47.6 Å². The summed E-state index contributed by atoms with van der Waals surface area (Å²) in [5.74, 6) is 0.800. The van der Waals surface area contributed by atoms with Gasteiger partial charge in [-0.3, -0.25) is 10.2 Å². The molecule has 1 aliphatic heterocycles. The monoisotopic (exact) mass is 667 g/mol. The van der Waals surface area contributed by atoms with Gasteiger partial charge in [-0.15, -0.1) is 0 Å². The standard InChI is InChI=1S/C37H38BrN3O4/c38-32-20-16-30(17-21-32)34-37(24-7-14-28-10-3-1-4-11-28,36(43)41-39-25-8-15-29-12-5-2-6-13-29)40-35(45-34)31-18-22-33(23-19-31)44-27-9-26-42/h1-7,10-14,16-23,34,39,42H,8-9,15,24-27H2,(H,41,43)/b14-7+/t34-,37-/m0/s1. The van der Waals surface area contributed by atoms with Crippen molar-refractivity contribution in [1.29, 1.82) is 0 Å². The predicted octanol–water partition coefficient (Wildman–Crippen LogP) is 6.82. The minimum absolute atomic E-state index is 0.0743. The average Bonchev–Trinajstić information content (AvgIpc) is 3.47. The van der Waals surface area contributed by atoms with Crippen molar-refractivity contribution >= 4 is 33.8 Å². The van der Waals surface area contributed by atoms with E-state index in [2.05, 4.69) is 38.9 Å². The van der Waals surface area contributed by atoms with E-state index >= 15 is 0 Å². The van der Waals surface area contributed by atoms with Gasteiger partial charge in [-0.25, -0.2) is 10.4 Å². The number of ether oxygens (including phenoxy) is 2. The molecular weight excluding hydrogens is 630 g/mol. The van der Waals surface area contributed by atoms with Crippen LogP contribution >= 0.6 is 15.9 Å². The Bertz CT molecular complexity index is 1560. The Morgan fingerprint density at radius 2 is 1.64 bits per heavy atom.